The number of ether oxygens (including phenoxy) is 2. The summed E-state index contributed by atoms with van der Waals surface area (Å²) in [6.45, 7) is 1.16. The molecule has 1 aliphatic heterocycles. The minimum absolute atomic E-state index is 0.0599. The van der Waals surface area contributed by atoms with Crippen molar-refractivity contribution in [1.29, 1.82) is 0 Å². The Morgan fingerprint density at radius 2 is 2.44 bits per heavy atom. The SMILES string of the molecule is O=C(O)c1nc(OC2CCOC2)ccc1Cl. The summed E-state index contributed by atoms with van der Waals surface area (Å²) in [4.78, 5) is 14.6. The summed E-state index contributed by atoms with van der Waals surface area (Å²) < 4.78 is 10.6. The van der Waals surface area contributed by atoms with Crippen molar-refractivity contribution in [2.24, 2.45) is 0 Å². The number of rotatable bonds is 3. The van der Waals surface area contributed by atoms with E-state index in [4.69, 9.17) is 26.2 Å². The third-order valence-electron chi connectivity index (χ3n) is 2.20. The second-order valence-electron chi connectivity index (χ2n) is 3.39. The van der Waals surface area contributed by atoms with Crippen LogP contribution >= 0.6 is 11.6 Å². The first-order valence-electron chi connectivity index (χ1n) is 4.81. The molecule has 1 aromatic heterocycles. The van der Waals surface area contributed by atoms with Crippen molar-refractivity contribution in [3.05, 3.63) is 22.8 Å². The van der Waals surface area contributed by atoms with E-state index in [0.717, 1.165) is 6.42 Å². The lowest BCUT2D eigenvalue weighted by atomic mass is 10.3. The Hall–Kier alpha value is -1.33. The minimum Gasteiger partial charge on any atom is -0.476 e. The molecule has 2 heterocycles. The highest BCUT2D eigenvalue weighted by molar-refractivity contribution is 6.33. The minimum atomic E-state index is -1.17. The van der Waals surface area contributed by atoms with Crippen molar-refractivity contribution in [1.82, 2.24) is 4.98 Å². The molecular weight excluding hydrogens is 234 g/mol. The molecule has 0 aromatic carbocycles. The summed E-state index contributed by atoms with van der Waals surface area (Å²) >= 11 is 5.68. The van der Waals surface area contributed by atoms with Crippen LogP contribution in [0.2, 0.25) is 5.02 Å². The van der Waals surface area contributed by atoms with Gasteiger partial charge in [-0.05, 0) is 6.07 Å². The number of halogens is 1. The summed E-state index contributed by atoms with van der Waals surface area (Å²) in [5.41, 5.74) is -0.196. The Morgan fingerprint density at radius 1 is 1.62 bits per heavy atom. The Balaban J connectivity index is 2.15. The normalized spacial score (nSPS) is 19.7. The molecule has 0 radical (unpaired) electrons. The lowest BCUT2D eigenvalue weighted by Crippen LogP contribution is -2.17. The highest BCUT2D eigenvalue weighted by Gasteiger charge is 2.19. The molecule has 1 atom stereocenters. The lowest BCUT2D eigenvalue weighted by Gasteiger charge is -2.11. The van der Waals surface area contributed by atoms with Crippen LogP contribution in [0.5, 0.6) is 5.88 Å². The quantitative estimate of drug-likeness (QED) is 0.873. The molecule has 16 heavy (non-hydrogen) atoms. The van der Waals surface area contributed by atoms with Crippen LogP contribution in [-0.2, 0) is 4.74 Å². The maximum absolute atomic E-state index is 10.8. The van der Waals surface area contributed by atoms with E-state index < -0.39 is 5.97 Å². The van der Waals surface area contributed by atoms with Gasteiger partial charge in [0.05, 0.1) is 18.2 Å². The van der Waals surface area contributed by atoms with Crippen LogP contribution in [0.1, 0.15) is 16.9 Å². The predicted molar refractivity (Wildman–Crippen MR) is 56.1 cm³/mol. The van der Waals surface area contributed by atoms with Gasteiger partial charge in [0.1, 0.15) is 6.10 Å². The summed E-state index contributed by atoms with van der Waals surface area (Å²) in [5.74, 6) is -0.907. The molecule has 1 fully saturated rings. The van der Waals surface area contributed by atoms with E-state index in [1.54, 1.807) is 6.07 Å². The van der Waals surface area contributed by atoms with Crippen LogP contribution in [0.25, 0.3) is 0 Å². The molecular formula is C10H10ClNO4. The van der Waals surface area contributed by atoms with Gasteiger partial charge >= 0.3 is 5.97 Å². The number of pyridine rings is 1. The third-order valence-corrected chi connectivity index (χ3v) is 2.50. The summed E-state index contributed by atoms with van der Waals surface area (Å²) in [7, 11) is 0. The van der Waals surface area contributed by atoms with Crippen molar-refractivity contribution >= 4 is 17.6 Å². The standard InChI is InChI=1S/C10H10ClNO4/c11-7-1-2-8(12-9(7)10(13)14)16-6-3-4-15-5-6/h1-2,6H,3-5H2,(H,13,14). The smallest absolute Gasteiger partial charge is 0.356 e. The average molecular weight is 244 g/mol. The van der Waals surface area contributed by atoms with E-state index in [1.165, 1.54) is 6.07 Å². The van der Waals surface area contributed by atoms with E-state index in [0.29, 0.717) is 13.2 Å². The van der Waals surface area contributed by atoms with Crippen LogP contribution in [0.3, 0.4) is 0 Å². The zero-order valence-corrected chi connectivity index (χ0v) is 9.11. The van der Waals surface area contributed by atoms with E-state index in [2.05, 4.69) is 4.98 Å². The first-order valence-corrected chi connectivity index (χ1v) is 5.19. The molecule has 0 spiro atoms. The maximum atomic E-state index is 10.8. The first-order chi connectivity index (χ1) is 7.66. The fourth-order valence-electron chi connectivity index (χ4n) is 1.42. The van der Waals surface area contributed by atoms with Crippen molar-refractivity contribution in [3.63, 3.8) is 0 Å². The molecule has 5 nitrogen and oxygen atoms in total. The van der Waals surface area contributed by atoms with E-state index in [9.17, 15) is 4.79 Å². The van der Waals surface area contributed by atoms with Crippen LogP contribution in [0, 0.1) is 0 Å². The number of hydrogen-bond donors (Lipinski definition) is 1. The fourth-order valence-corrected chi connectivity index (χ4v) is 1.60. The molecule has 0 aliphatic carbocycles. The van der Waals surface area contributed by atoms with Gasteiger partial charge in [0, 0.05) is 12.5 Å². The molecule has 0 saturated carbocycles. The Labute approximate surface area is 97.0 Å². The summed E-state index contributed by atoms with van der Waals surface area (Å²) in [6, 6.07) is 3.01. The molecule has 1 unspecified atom stereocenters. The highest BCUT2D eigenvalue weighted by atomic mass is 35.5. The molecule has 1 aromatic rings. The van der Waals surface area contributed by atoms with Crippen LogP contribution < -0.4 is 4.74 Å². The molecule has 6 heteroatoms. The lowest BCUT2D eigenvalue weighted by molar-refractivity contribution is 0.0688. The molecule has 1 aliphatic rings. The number of hydrogen-bond acceptors (Lipinski definition) is 4. The van der Waals surface area contributed by atoms with E-state index in [-0.39, 0.29) is 22.7 Å². The van der Waals surface area contributed by atoms with Gasteiger partial charge in [0.15, 0.2) is 5.69 Å². The van der Waals surface area contributed by atoms with Crippen molar-refractivity contribution in [2.45, 2.75) is 12.5 Å². The molecule has 0 bridgehead atoms. The number of carboxylic acids is 1. The molecule has 1 N–H and O–H groups in total. The van der Waals surface area contributed by atoms with Gasteiger partial charge in [-0.15, -0.1) is 0 Å². The summed E-state index contributed by atoms with van der Waals surface area (Å²) in [6.07, 6.45) is 0.725. The highest BCUT2D eigenvalue weighted by Crippen LogP contribution is 2.20. The molecule has 2 rings (SSSR count). The predicted octanol–water partition coefficient (Wildman–Crippen LogP) is 1.60. The van der Waals surface area contributed by atoms with Gasteiger partial charge in [0.2, 0.25) is 5.88 Å². The topological polar surface area (TPSA) is 68.7 Å². The second-order valence-corrected chi connectivity index (χ2v) is 3.80. The van der Waals surface area contributed by atoms with Crippen LogP contribution in [0.15, 0.2) is 12.1 Å². The van der Waals surface area contributed by atoms with Gasteiger partial charge in [-0.3, -0.25) is 0 Å². The third kappa shape index (κ3) is 2.43. The van der Waals surface area contributed by atoms with E-state index in [1.807, 2.05) is 0 Å². The van der Waals surface area contributed by atoms with Gasteiger partial charge in [-0.2, -0.15) is 0 Å². The van der Waals surface area contributed by atoms with Gasteiger partial charge < -0.3 is 14.6 Å². The number of carbonyl (C=O) groups is 1. The Morgan fingerprint density at radius 3 is 3.06 bits per heavy atom. The van der Waals surface area contributed by atoms with Crippen LogP contribution in [-0.4, -0.2) is 35.4 Å². The van der Waals surface area contributed by atoms with Crippen molar-refractivity contribution in [3.8, 4) is 5.88 Å². The van der Waals surface area contributed by atoms with Gasteiger partial charge in [-0.1, -0.05) is 11.6 Å². The number of nitrogens with zero attached hydrogens (tertiary/aromatic N) is 1. The maximum Gasteiger partial charge on any atom is 0.356 e. The van der Waals surface area contributed by atoms with Crippen molar-refractivity contribution in [2.75, 3.05) is 13.2 Å². The first kappa shape index (κ1) is 11.2. The van der Waals surface area contributed by atoms with Crippen molar-refractivity contribution < 1.29 is 19.4 Å². The number of aromatic carboxylic acids is 1. The average Bonchev–Trinajstić information content (AvgIpc) is 2.73. The number of carboxylic acid groups (broad SMARTS) is 1. The monoisotopic (exact) mass is 243 g/mol. The number of aromatic nitrogens is 1. The second kappa shape index (κ2) is 4.67. The molecule has 86 valence electrons. The summed E-state index contributed by atoms with van der Waals surface area (Å²) in [5, 5.41) is 8.92. The molecule has 0 amide bonds. The Bertz CT molecular complexity index is 404. The molecule has 1 saturated heterocycles. The van der Waals surface area contributed by atoms with E-state index >= 15 is 0 Å². The van der Waals surface area contributed by atoms with Gasteiger partial charge in [0.25, 0.3) is 0 Å². The van der Waals surface area contributed by atoms with Gasteiger partial charge in [-0.25, -0.2) is 9.78 Å². The van der Waals surface area contributed by atoms with Crippen LogP contribution in [0.4, 0.5) is 0 Å². The zero-order chi connectivity index (χ0) is 11.5. The fraction of sp³-hybridized carbons (Fsp3) is 0.400. The Kier molecular flexibility index (Phi) is 3.26. The zero-order valence-electron chi connectivity index (χ0n) is 8.35. The largest absolute Gasteiger partial charge is 0.476 e.